The van der Waals surface area contributed by atoms with Crippen molar-refractivity contribution in [2.75, 3.05) is 6.54 Å². The molecule has 0 aliphatic heterocycles. The highest BCUT2D eigenvalue weighted by atomic mass is 16.2. The van der Waals surface area contributed by atoms with Crippen LogP contribution in [0.25, 0.3) is 0 Å². The summed E-state index contributed by atoms with van der Waals surface area (Å²) < 4.78 is 0. The molecule has 3 nitrogen and oxygen atoms in total. The zero-order valence-electron chi connectivity index (χ0n) is 13.5. The summed E-state index contributed by atoms with van der Waals surface area (Å²) in [6.45, 7) is 7.04. The SMILES string of the molecule is CC(C)CNC(=O)C(C)NC1CCC2CCCCC2C1. The average molecular weight is 280 g/mol. The molecule has 3 heteroatoms. The van der Waals surface area contributed by atoms with Crippen molar-refractivity contribution < 1.29 is 4.79 Å². The van der Waals surface area contributed by atoms with E-state index in [1.807, 2.05) is 6.92 Å². The van der Waals surface area contributed by atoms with E-state index < -0.39 is 0 Å². The van der Waals surface area contributed by atoms with E-state index >= 15 is 0 Å². The molecule has 2 saturated carbocycles. The zero-order chi connectivity index (χ0) is 14.5. The summed E-state index contributed by atoms with van der Waals surface area (Å²) >= 11 is 0. The minimum atomic E-state index is -0.0566. The average Bonchev–Trinajstić information content (AvgIpc) is 2.44. The summed E-state index contributed by atoms with van der Waals surface area (Å²) in [5.74, 6) is 2.57. The van der Waals surface area contributed by atoms with Crippen molar-refractivity contribution >= 4 is 5.91 Å². The number of amides is 1. The van der Waals surface area contributed by atoms with Crippen LogP contribution in [0.5, 0.6) is 0 Å². The van der Waals surface area contributed by atoms with Crippen molar-refractivity contribution in [1.29, 1.82) is 0 Å². The van der Waals surface area contributed by atoms with Gasteiger partial charge >= 0.3 is 0 Å². The lowest BCUT2D eigenvalue weighted by Crippen LogP contribution is -2.49. The number of hydrogen-bond donors (Lipinski definition) is 2. The summed E-state index contributed by atoms with van der Waals surface area (Å²) in [6.07, 6.45) is 9.61. The van der Waals surface area contributed by atoms with E-state index in [0.717, 1.165) is 18.4 Å². The molecule has 0 aromatic carbocycles. The molecule has 0 aromatic rings. The summed E-state index contributed by atoms with van der Waals surface area (Å²) in [7, 11) is 0. The molecule has 0 spiro atoms. The van der Waals surface area contributed by atoms with Gasteiger partial charge in [0.2, 0.25) is 5.91 Å². The minimum Gasteiger partial charge on any atom is -0.354 e. The Hall–Kier alpha value is -0.570. The first-order chi connectivity index (χ1) is 9.56. The highest BCUT2D eigenvalue weighted by Gasteiger charge is 2.32. The molecule has 2 fully saturated rings. The second-order valence-corrected chi connectivity index (χ2v) is 7.34. The fraction of sp³-hybridized carbons (Fsp3) is 0.941. The van der Waals surface area contributed by atoms with Crippen LogP contribution in [-0.4, -0.2) is 24.5 Å². The molecule has 0 aromatic heterocycles. The first-order valence-corrected chi connectivity index (χ1v) is 8.60. The van der Waals surface area contributed by atoms with Gasteiger partial charge in [0, 0.05) is 12.6 Å². The van der Waals surface area contributed by atoms with Crippen LogP contribution >= 0.6 is 0 Å². The van der Waals surface area contributed by atoms with E-state index in [0.29, 0.717) is 12.0 Å². The number of nitrogens with one attached hydrogen (secondary N) is 2. The van der Waals surface area contributed by atoms with Crippen LogP contribution in [0.4, 0.5) is 0 Å². The Kier molecular flexibility index (Phi) is 5.88. The third-order valence-electron chi connectivity index (χ3n) is 5.10. The highest BCUT2D eigenvalue weighted by Crippen LogP contribution is 2.40. The lowest BCUT2D eigenvalue weighted by Gasteiger charge is -2.40. The van der Waals surface area contributed by atoms with Crippen molar-refractivity contribution in [1.82, 2.24) is 10.6 Å². The lowest BCUT2D eigenvalue weighted by molar-refractivity contribution is -0.123. The number of carbonyl (C=O) groups excluding carboxylic acids is 1. The van der Waals surface area contributed by atoms with Crippen molar-refractivity contribution in [3.05, 3.63) is 0 Å². The minimum absolute atomic E-state index is 0.0566. The van der Waals surface area contributed by atoms with Crippen LogP contribution in [0.15, 0.2) is 0 Å². The Morgan fingerprint density at radius 3 is 2.45 bits per heavy atom. The molecule has 116 valence electrons. The molecule has 0 bridgehead atoms. The first-order valence-electron chi connectivity index (χ1n) is 8.60. The predicted molar refractivity (Wildman–Crippen MR) is 83.5 cm³/mol. The van der Waals surface area contributed by atoms with E-state index in [1.165, 1.54) is 44.9 Å². The maximum Gasteiger partial charge on any atom is 0.236 e. The Labute approximate surface area is 124 Å². The molecule has 2 rings (SSSR count). The van der Waals surface area contributed by atoms with Crippen LogP contribution in [0.2, 0.25) is 0 Å². The third-order valence-corrected chi connectivity index (χ3v) is 5.10. The third kappa shape index (κ3) is 4.47. The van der Waals surface area contributed by atoms with Gasteiger partial charge in [-0.2, -0.15) is 0 Å². The topological polar surface area (TPSA) is 41.1 Å². The van der Waals surface area contributed by atoms with Gasteiger partial charge in [0.1, 0.15) is 0 Å². The quantitative estimate of drug-likeness (QED) is 0.812. The standard InChI is InChI=1S/C17H32N2O/c1-12(2)11-18-17(20)13(3)19-16-9-8-14-6-4-5-7-15(14)10-16/h12-16,19H,4-11H2,1-3H3,(H,18,20). The van der Waals surface area contributed by atoms with Crippen molar-refractivity contribution in [2.45, 2.75) is 77.8 Å². The summed E-state index contributed by atoms with van der Waals surface area (Å²) in [4.78, 5) is 12.0. The van der Waals surface area contributed by atoms with Gasteiger partial charge < -0.3 is 10.6 Å². The van der Waals surface area contributed by atoms with Crippen LogP contribution in [0.3, 0.4) is 0 Å². The smallest absolute Gasteiger partial charge is 0.236 e. The van der Waals surface area contributed by atoms with Crippen LogP contribution in [0, 0.1) is 17.8 Å². The van der Waals surface area contributed by atoms with Crippen LogP contribution < -0.4 is 10.6 Å². The normalized spacial score (nSPS) is 31.7. The van der Waals surface area contributed by atoms with E-state index in [-0.39, 0.29) is 11.9 Å². The maximum atomic E-state index is 12.0. The number of carbonyl (C=O) groups is 1. The molecule has 2 N–H and O–H groups in total. The van der Waals surface area contributed by atoms with Gasteiger partial charge in [-0.05, 0) is 43.9 Å². The largest absolute Gasteiger partial charge is 0.354 e. The Morgan fingerprint density at radius 2 is 1.75 bits per heavy atom. The predicted octanol–water partition coefficient (Wildman–Crippen LogP) is 3.10. The summed E-state index contributed by atoms with van der Waals surface area (Å²) in [5, 5.41) is 6.59. The molecule has 0 heterocycles. The van der Waals surface area contributed by atoms with Gasteiger partial charge in [-0.3, -0.25) is 4.79 Å². The van der Waals surface area contributed by atoms with Gasteiger partial charge in [0.15, 0.2) is 0 Å². The second-order valence-electron chi connectivity index (χ2n) is 7.34. The van der Waals surface area contributed by atoms with Crippen molar-refractivity contribution in [3.63, 3.8) is 0 Å². The molecule has 20 heavy (non-hydrogen) atoms. The number of rotatable bonds is 5. The number of hydrogen-bond acceptors (Lipinski definition) is 2. The van der Waals surface area contributed by atoms with Gasteiger partial charge in [-0.25, -0.2) is 0 Å². The van der Waals surface area contributed by atoms with E-state index in [1.54, 1.807) is 0 Å². The Morgan fingerprint density at radius 1 is 1.05 bits per heavy atom. The molecule has 1 amide bonds. The summed E-state index contributed by atoms with van der Waals surface area (Å²) in [6, 6.07) is 0.494. The fourth-order valence-corrected chi connectivity index (χ4v) is 3.91. The Balaban J connectivity index is 1.74. The molecular weight excluding hydrogens is 248 g/mol. The zero-order valence-corrected chi connectivity index (χ0v) is 13.5. The van der Waals surface area contributed by atoms with Crippen LogP contribution in [0.1, 0.15) is 65.7 Å². The highest BCUT2D eigenvalue weighted by molar-refractivity contribution is 5.81. The lowest BCUT2D eigenvalue weighted by atomic mass is 9.69. The first kappa shape index (κ1) is 15.8. The van der Waals surface area contributed by atoms with Gasteiger partial charge in [-0.1, -0.05) is 39.5 Å². The van der Waals surface area contributed by atoms with Crippen molar-refractivity contribution in [3.8, 4) is 0 Å². The molecule has 4 unspecified atom stereocenters. The van der Waals surface area contributed by atoms with E-state index in [4.69, 9.17) is 0 Å². The number of fused-ring (bicyclic) bond motifs is 1. The Bertz CT molecular complexity index is 316. The maximum absolute atomic E-state index is 12.0. The molecule has 2 aliphatic carbocycles. The molecule has 0 saturated heterocycles. The molecular formula is C17H32N2O. The monoisotopic (exact) mass is 280 g/mol. The van der Waals surface area contributed by atoms with Gasteiger partial charge in [0.25, 0.3) is 0 Å². The van der Waals surface area contributed by atoms with Gasteiger partial charge in [-0.15, -0.1) is 0 Å². The van der Waals surface area contributed by atoms with Gasteiger partial charge in [0.05, 0.1) is 6.04 Å². The molecule has 4 atom stereocenters. The van der Waals surface area contributed by atoms with E-state index in [2.05, 4.69) is 24.5 Å². The molecule has 0 radical (unpaired) electrons. The fourth-order valence-electron chi connectivity index (χ4n) is 3.91. The van der Waals surface area contributed by atoms with Crippen molar-refractivity contribution in [2.24, 2.45) is 17.8 Å². The second kappa shape index (κ2) is 7.44. The molecule has 2 aliphatic rings. The van der Waals surface area contributed by atoms with E-state index in [9.17, 15) is 4.79 Å². The van der Waals surface area contributed by atoms with Crippen LogP contribution in [-0.2, 0) is 4.79 Å². The summed E-state index contributed by atoms with van der Waals surface area (Å²) in [5.41, 5.74) is 0.